The molecule has 0 bridgehead atoms. The summed E-state index contributed by atoms with van der Waals surface area (Å²) in [6.45, 7) is 0. The molecule has 0 amide bonds. The molecule has 1 saturated carbocycles. The standard InChI is InChI=1S/C20H15F3N4O2/c21-13-8-14-16(12(9-24-14)18-26-27-19(29-18)17(22)23)25-15(13)10-2-4-11(5-3-10)20(28)6-1-7-20/h2-5,8-9,17,24,28H,1,6-7H2. The summed E-state index contributed by atoms with van der Waals surface area (Å²) < 4.78 is 45.1. The molecule has 0 atom stereocenters. The van der Waals surface area contributed by atoms with E-state index in [-0.39, 0.29) is 11.6 Å². The zero-order chi connectivity index (χ0) is 20.2. The van der Waals surface area contributed by atoms with Crippen molar-refractivity contribution in [3.05, 3.63) is 53.8 Å². The van der Waals surface area contributed by atoms with E-state index in [0.29, 0.717) is 35.0 Å². The van der Waals surface area contributed by atoms with Crippen molar-refractivity contribution in [2.24, 2.45) is 0 Å². The molecule has 148 valence electrons. The largest absolute Gasteiger partial charge is 0.415 e. The molecule has 5 rings (SSSR count). The second-order valence-corrected chi connectivity index (χ2v) is 7.13. The Morgan fingerprint density at radius 2 is 1.90 bits per heavy atom. The van der Waals surface area contributed by atoms with Crippen molar-refractivity contribution in [2.45, 2.75) is 31.3 Å². The van der Waals surface area contributed by atoms with Crippen LogP contribution in [-0.4, -0.2) is 25.3 Å². The van der Waals surface area contributed by atoms with Gasteiger partial charge in [-0.25, -0.2) is 9.37 Å². The Kier molecular flexibility index (Phi) is 3.95. The minimum absolute atomic E-state index is 0.0964. The maximum Gasteiger partial charge on any atom is 0.314 e. The minimum Gasteiger partial charge on any atom is -0.415 e. The van der Waals surface area contributed by atoms with Gasteiger partial charge < -0.3 is 14.5 Å². The highest BCUT2D eigenvalue weighted by Gasteiger charge is 2.36. The molecule has 1 aliphatic carbocycles. The number of aromatic nitrogens is 4. The first-order valence-corrected chi connectivity index (χ1v) is 9.07. The number of nitrogens with one attached hydrogen (secondary N) is 1. The molecule has 6 nitrogen and oxygen atoms in total. The number of benzene rings is 1. The topological polar surface area (TPSA) is 87.8 Å². The van der Waals surface area contributed by atoms with Crippen molar-refractivity contribution in [1.82, 2.24) is 20.2 Å². The summed E-state index contributed by atoms with van der Waals surface area (Å²) in [4.78, 5) is 7.22. The number of nitrogens with zero attached hydrogens (tertiary/aromatic N) is 3. The Hall–Kier alpha value is -3.20. The number of alkyl halides is 2. The Morgan fingerprint density at radius 1 is 1.14 bits per heavy atom. The summed E-state index contributed by atoms with van der Waals surface area (Å²) in [5.74, 6) is -1.46. The highest BCUT2D eigenvalue weighted by molar-refractivity contribution is 5.91. The van der Waals surface area contributed by atoms with E-state index < -0.39 is 23.7 Å². The van der Waals surface area contributed by atoms with E-state index in [4.69, 9.17) is 4.42 Å². The van der Waals surface area contributed by atoms with E-state index >= 15 is 0 Å². The number of pyridine rings is 1. The predicted molar refractivity (Wildman–Crippen MR) is 97.5 cm³/mol. The summed E-state index contributed by atoms with van der Waals surface area (Å²) in [6.07, 6.45) is 0.972. The van der Waals surface area contributed by atoms with Gasteiger partial charge in [-0.15, -0.1) is 10.2 Å². The van der Waals surface area contributed by atoms with Gasteiger partial charge in [0.1, 0.15) is 11.2 Å². The van der Waals surface area contributed by atoms with Gasteiger partial charge in [0.2, 0.25) is 0 Å². The lowest BCUT2D eigenvalue weighted by Gasteiger charge is -2.37. The van der Waals surface area contributed by atoms with Gasteiger partial charge in [0.25, 0.3) is 11.8 Å². The summed E-state index contributed by atoms with van der Waals surface area (Å²) in [7, 11) is 0. The monoisotopic (exact) mass is 400 g/mol. The number of fused-ring (bicyclic) bond motifs is 1. The molecule has 1 fully saturated rings. The maximum atomic E-state index is 14.7. The van der Waals surface area contributed by atoms with Crippen molar-refractivity contribution in [2.75, 3.05) is 0 Å². The lowest BCUT2D eigenvalue weighted by Crippen LogP contribution is -2.33. The van der Waals surface area contributed by atoms with Crippen LogP contribution in [-0.2, 0) is 5.60 Å². The Balaban J connectivity index is 1.56. The van der Waals surface area contributed by atoms with Gasteiger partial charge in [0.05, 0.1) is 16.7 Å². The zero-order valence-corrected chi connectivity index (χ0v) is 15.0. The smallest absolute Gasteiger partial charge is 0.314 e. The van der Waals surface area contributed by atoms with E-state index in [1.807, 2.05) is 0 Å². The third kappa shape index (κ3) is 2.89. The van der Waals surface area contributed by atoms with E-state index in [1.54, 1.807) is 24.3 Å². The number of rotatable bonds is 4. The van der Waals surface area contributed by atoms with Crippen LogP contribution in [0.25, 0.3) is 33.7 Å². The molecule has 0 aliphatic heterocycles. The average molecular weight is 400 g/mol. The van der Waals surface area contributed by atoms with Crippen LogP contribution in [0.15, 0.2) is 40.9 Å². The Morgan fingerprint density at radius 3 is 2.52 bits per heavy atom. The van der Waals surface area contributed by atoms with E-state index in [2.05, 4.69) is 20.2 Å². The number of aromatic amines is 1. The van der Waals surface area contributed by atoms with Crippen LogP contribution in [0.4, 0.5) is 13.2 Å². The van der Waals surface area contributed by atoms with E-state index in [0.717, 1.165) is 12.0 Å². The van der Waals surface area contributed by atoms with Gasteiger partial charge in [0.15, 0.2) is 5.82 Å². The summed E-state index contributed by atoms with van der Waals surface area (Å²) in [5.41, 5.74) is 1.62. The van der Waals surface area contributed by atoms with Crippen LogP contribution >= 0.6 is 0 Å². The molecule has 0 radical (unpaired) electrons. The fourth-order valence-electron chi connectivity index (χ4n) is 3.56. The zero-order valence-electron chi connectivity index (χ0n) is 15.0. The first kappa shape index (κ1) is 17.9. The summed E-state index contributed by atoms with van der Waals surface area (Å²) in [5, 5.41) is 17.4. The molecular formula is C20H15F3N4O2. The van der Waals surface area contributed by atoms with Crippen molar-refractivity contribution in [1.29, 1.82) is 0 Å². The molecule has 0 saturated heterocycles. The van der Waals surface area contributed by atoms with Crippen molar-refractivity contribution in [3.63, 3.8) is 0 Å². The second kappa shape index (κ2) is 6.41. The molecule has 2 N–H and O–H groups in total. The predicted octanol–water partition coefficient (Wildman–Crippen LogP) is 4.73. The number of aliphatic hydroxyl groups is 1. The quantitative estimate of drug-likeness (QED) is 0.517. The van der Waals surface area contributed by atoms with Crippen LogP contribution in [0.1, 0.15) is 37.1 Å². The van der Waals surface area contributed by atoms with Gasteiger partial charge in [-0.05, 0) is 24.8 Å². The fourth-order valence-corrected chi connectivity index (χ4v) is 3.56. The molecule has 4 aromatic rings. The van der Waals surface area contributed by atoms with E-state index in [1.165, 1.54) is 12.3 Å². The van der Waals surface area contributed by atoms with Crippen LogP contribution in [0.2, 0.25) is 0 Å². The first-order chi connectivity index (χ1) is 13.9. The highest BCUT2D eigenvalue weighted by Crippen LogP contribution is 2.41. The SMILES string of the molecule is OC1(c2ccc(-c3nc4c(-c5nnc(C(F)F)o5)c[nH]c4cc3F)cc2)CCC1. The normalized spacial score (nSPS) is 15.8. The molecule has 0 unspecified atom stereocenters. The molecule has 3 heterocycles. The summed E-state index contributed by atoms with van der Waals surface area (Å²) >= 11 is 0. The molecule has 0 spiro atoms. The Labute approximate surface area is 162 Å². The highest BCUT2D eigenvalue weighted by atomic mass is 19.3. The van der Waals surface area contributed by atoms with Gasteiger partial charge in [-0.2, -0.15) is 8.78 Å². The summed E-state index contributed by atoms with van der Waals surface area (Å²) in [6, 6.07) is 8.22. The second-order valence-electron chi connectivity index (χ2n) is 7.13. The van der Waals surface area contributed by atoms with Crippen molar-refractivity contribution >= 4 is 11.0 Å². The van der Waals surface area contributed by atoms with Gasteiger partial charge >= 0.3 is 6.43 Å². The van der Waals surface area contributed by atoms with Crippen LogP contribution in [0.5, 0.6) is 0 Å². The third-order valence-electron chi connectivity index (χ3n) is 5.34. The third-order valence-corrected chi connectivity index (χ3v) is 5.34. The van der Waals surface area contributed by atoms with E-state index in [9.17, 15) is 18.3 Å². The number of H-pyrrole nitrogens is 1. The molecule has 1 aromatic carbocycles. The Bertz CT molecular complexity index is 1200. The lowest BCUT2D eigenvalue weighted by molar-refractivity contribution is -0.0387. The molecule has 29 heavy (non-hydrogen) atoms. The fraction of sp³-hybridized carbons (Fsp3) is 0.250. The number of hydrogen-bond donors (Lipinski definition) is 2. The van der Waals surface area contributed by atoms with Crippen molar-refractivity contribution in [3.8, 4) is 22.7 Å². The number of hydrogen-bond acceptors (Lipinski definition) is 5. The molecular weight excluding hydrogens is 385 g/mol. The first-order valence-electron chi connectivity index (χ1n) is 9.07. The van der Waals surface area contributed by atoms with Crippen LogP contribution in [0.3, 0.4) is 0 Å². The van der Waals surface area contributed by atoms with Gasteiger partial charge in [-0.3, -0.25) is 0 Å². The van der Waals surface area contributed by atoms with Crippen LogP contribution in [0, 0.1) is 5.82 Å². The average Bonchev–Trinajstić information content (AvgIpc) is 3.32. The maximum absolute atomic E-state index is 14.7. The minimum atomic E-state index is -2.88. The lowest BCUT2D eigenvalue weighted by atomic mass is 9.75. The number of halogens is 3. The van der Waals surface area contributed by atoms with Crippen LogP contribution < -0.4 is 0 Å². The van der Waals surface area contributed by atoms with Gasteiger partial charge in [0, 0.05) is 17.8 Å². The molecule has 1 aliphatic rings. The molecule has 9 heteroatoms. The van der Waals surface area contributed by atoms with Gasteiger partial charge in [-0.1, -0.05) is 24.3 Å². The van der Waals surface area contributed by atoms with Crippen molar-refractivity contribution < 1.29 is 22.7 Å². The molecule has 3 aromatic heterocycles.